The summed E-state index contributed by atoms with van der Waals surface area (Å²) in [5.74, 6) is 0. The summed E-state index contributed by atoms with van der Waals surface area (Å²) in [6, 6.07) is 15.4. The van der Waals surface area contributed by atoms with Crippen LogP contribution in [0.5, 0.6) is 0 Å². The summed E-state index contributed by atoms with van der Waals surface area (Å²) >= 11 is 6.29. The summed E-state index contributed by atoms with van der Waals surface area (Å²) in [6.45, 7) is 8.69. The van der Waals surface area contributed by atoms with Crippen LogP contribution in [0.2, 0.25) is 5.02 Å². The zero-order valence-corrected chi connectivity index (χ0v) is 14.7. The molecule has 0 spiro atoms. The topological polar surface area (TPSA) is 15.3 Å². The monoisotopic (exact) mass is 328 g/mol. The van der Waals surface area contributed by atoms with E-state index in [1.165, 1.54) is 28.7 Å². The molecular formula is C20H25ClN2. The molecule has 2 nitrogen and oxygen atoms in total. The van der Waals surface area contributed by atoms with Crippen molar-refractivity contribution < 1.29 is 0 Å². The molecule has 0 bridgehead atoms. The minimum atomic E-state index is 0.272. The number of halogens is 1. The molecule has 2 aromatic carbocycles. The smallest absolute Gasteiger partial charge is 0.0605 e. The van der Waals surface area contributed by atoms with Gasteiger partial charge in [-0.3, -0.25) is 4.90 Å². The van der Waals surface area contributed by atoms with Crippen LogP contribution in [0.1, 0.15) is 34.7 Å². The summed E-state index contributed by atoms with van der Waals surface area (Å²) in [5.41, 5.74) is 5.34. The second-order valence-corrected chi connectivity index (χ2v) is 6.89. The molecule has 3 heteroatoms. The van der Waals surface area contributed by atoms with Gasteiger partial charge < -0.3 is 5.32 Å². The maximum Gasteiger partial charge on any atom is 0.0605 e. The van der Waals surface area contributed by atoms with Crippen molar-refractivity contribution in [2.75, 3.05) is 26.2 Å². The minimum absolute atomic E-state index is 0.272. The Morgan fingerprint density at radius 2 is 1.91 bits per heavy atom. The van der Waals surface area contributed by atoms with E-state index in [2.05, 4.69) is 60.5 Å². The van der Waals surface area contributed by atoms with E-state index in [4.69, 9.17) is 11.6 Å². The number of nitrogens with one attached hydrogen (secondary N) is 1. The Morgan fingerprint density at radius 3 is 2.74 bits per heavy atom. The highest BCUT2D eigenvalue weighted by atomic mass is 35.5. The van der Waals surface area contributed by atoms with E-state index in [-0.39, 0.29) is 6.04 Å². The van der Waals surface area contributed by atoms with Gasteiger partial charge in [-0.2, -0.15) is 0 Å². The van der Waals surface area contributed by atoms with E-state index in [0.717, 1.165) is 31.2 Å². The Labute approximate surface area is 144 Å². The van der Waals surface area contributed by atoms with Gasteiger partial charge in [-0.15, -0.1) is 0 Å². The molecule has 1 fully saturated rings. The number of aryl methyl sites for hydroxylation is 2. The van der Waals surface area contributed by atoms with Crippen molar-refractivity contribution in [2.45, 2.75) is 26.3 Å². The lowest BCUT2D eigenvalue weighted by molar-refractivity contribution is 0.240. The van der Waals surface area contributed by atoms with Gasteiger partial charge in [0.1, 0.15) is 0 Å². The summed E-state index contributed by atoms with van der Waals surface area (Å²) < 4.78 is 0. The standard InChI is InChI=1S/C20H25ClN2/c1-15-7-8-16(2)19(13-15)20(17-5-3-6-18(21)14-17)23-11-4-9-22-10-12-23/h3,5-8,13-14,20,22H,4,9-12H2,1-2H3. The molecule has 1 unspecified atom stereocenters. The van der Waals surface area contributed by atoms with E-state index in [1.807, 2.05) is 6.07 Å². The zero-order chi connectivity index (χ0) is 16.2. The van der Waals surface area contributed by atoms with Crippen molar-refractivity contribution in [3.8, 4) is 0 Å². The molecule has 122 valence electrons. The van der Waals surface area contributed by atoms with Crippen molar-refractivity contribution in [1.82, 2.24) is 10.2 Å². The van der Waals surface area contributed by atoms with Gasteiger partial charge in [0.2, 0.25) is 0 Å². The van der Waals surface area contributed by atoms with Crippen molar-refractivity contribution >= 4 is 11.6 Å². The molecule has 1 atom stereocenters. The van der Waals surface area contributed by atoms with Gasteiger partial charge in [0.05, 0.1) is 6.04 Å². The fourth-order valence-electron chi connectivity index (χ4n) is 3.44. The molecule has 1 N–H and O–H groups in total. The SMILES string of the molecule is Cc1ccc(C)c(C(c2cccc(Cl)c2)N2CCCNCC2)c1. The van der Waals surface area contributed by atoms with Gasteiger partial charge in [-0.05, 0) is 55.6 Å². The number of rotatable bonds is 3. The van der Waals surface area contributed by atoms with Crippen molar-refractivity contribution in [3.63, 3.8) is 0 Å². The molecule has 0 saturated carbocycles. The van der Waals surface area contributed by atoms with Crippen molar-refractivity contribution in [3.05, 3.63) is 69.7 Å². The van der Waals surface area contributed by atoms with Crippen LogP contribution in [0, 0.1) is 13.8 Å². The molecule has 0 aliphatic carbocycles. The number of nitrogens with zero attached hydrogens (tertiary/aromatic N) is 1. The van der Waals surface area contributed by atoms with Gasteiger partial charge in [-0.25, -0.2) is 0 Å². The van der Waals surface area contributed by atoms with Crippen molar-refractivity contribution in [2.24, 2.45) is 0 Å². The zero-order valence-electron chi connectivity index (χ0n) is 14.0. The highest BCUT2D eigenvalue weighted by Crippen LogP contribution is 2.33. The van der Waals surface area contributed by atoms with Crippen LogP contribution in [0.3, 0.4) is 0 Å². The van der Waals surface area contributed by atoms with E-state index in [1.54, 1.807) is 0 Å². The summed E-state index contributed by atoms with van der Waals surface area (Å²) in [4.78, 5) is 2.59. The first-order valence-corrected chi connectivity index (χ1v) is 8.80. The van der Waals surface area contributed by atoms with Gasteiger partial charge in [0.15, 0.2) is 0 Å². The third-order valence-electron chi connectivity index (χ3n) is 4.63. The first-order valence-electron chi connectivity index (χ1n) is 8.42. The fourth-order valence-corrected chi connectivity index (χ4v) is 3.64. The molecular weight excluding hydrogens is 304 g/mol. The minimum Gasteiger partial charge on any atom is -0.315 e. The van der Waals surface area contributed by atoms with Crippen LogP contribution < -0.4 is 5.32 Å². The molecule has 23 heavy (non-hydrogen) atoms. The molecule has 1 aliphatic heterocycles. The third-order valence-corrected chi connectivity index (χ3v) is 4.87. The maximum absolute atomic E-state index is 6.29. The van der Waals surface area contributed by atoms with Crippen LogP contribution in [0.4, 0.5) is 0 Å². The second-order valence-electron chi connectivity index (χ2n) is 6.46. The van der Waals surface area contributed by atoms with Gasteiger partial charge in [0.25, 0.3) is 0 Å². The van der Waals surface area contributed by atoms with E-state index >= 15 is 0 Å². The van der Waals surface area contributed by atoms with Crippen LogP contribution in [0.25, 0.3) is 0 Å². The lowest BCUT2D eigenvalue weighted by Gasteiger charge is -2.32. The normalized spacial score (nSPS) is 17.7. The van der Waals surface area contributed by atoms with E-state index in [0.29, 0.717) is 0 Å². The predicted molar refractivity (Wildman–Crippen MR) is 98.3 cm³/mol. The van der Waals surface area contributed by atoms with Gasteiger partial charge in [0, 0.05) is 24.7 Å². The first-order chi connectivity index (χ1) is 11.1. The average Bonchev–Trinajstić information content (AvgIpc) is 2.80. The van der Waals surface area contributed by atoms with Gasteiger partial charge in [-0.1, -0.05) is 47.5 Å². The predicted octanol–water partition coefficient (Wildman–Crippen LogP) is 4.34. The molecule has 2 aromatic rings. The highest BCUT2D eigenvalue weighted by molar-refractivity contribution is 6.30. The van der Waals surface area contributed by atoms with Crippen LogP contribution >= 0.6 is 11.6 Å². The second kappa shape index (κ2) is 7.48. The Hall–Kier alpha value is -1.35. The molecule has 3 rings (SSSR count). The summed E-state index contributed by atoms with van der Waals surface area (Å²) in [6.07, 6.45) is 1.18. The average molecular weight is 329 g/mol. The van der Waals surface area contributed by atoms with Crippen LogP contribution in [-0.4, -0.2) is 31.1 Å². The Bertz CT molecular complexity index is 660. The molecule has 0 aromatic heterocycles. The molecule has 0 amide bonds. The van der Waals surface area contributed by atoms with Gasteiger partial charge >= 0.3 is 0 Å². The van der Waals surface area contributed by atoms with Crippen LogP contribution in [-0.2, 0) is 0 Å². The molecule has 0 radical (unpaired) electrons. The number of hydrogen-bond donors (Lipinski definition) is 1. The largest absolute Gasteiger partial charge is 0.315 e. The lowest BCUT2D eigenvalue weighted by Crippen LogP contribution is -2.33. The van der Waals surface area contributed by atoms with Crippen molar-refractivity contribution in [1.29, 1.82) is 0 Å². The molecule has 1 heterocycles. The fraction of sp³-hybridized carbons (Fsp3) is 0.400. The molecule has 1 saturated heterocycles. The quantitative estimate of drug-likeness (QED) is 0.901. The summed E-state index contributed by atoms with van der Waals surface area (Å²) in [5, 5.41) is 4.32. The number of benzene rings is 2. The highest BCUT2D eigenvalue weighted by Gasteiger charge is 2.24. The Kier molecular flexibility index (Phi) is 5.37. The Morgan fingerprint density at radius 1 is 1.04 bits per heavy atom. The first kappa shape index (κ1) is 16.5. The van der Waals surface area contributed by atoms with E-state index in [9.17, 15) is 0 Å². The third kappa shape index (κ3) is 3.95. The summed E-state index contributed by atoms with van der Waals surface area (Å²) in [7, 11) is 0. The lowest BCUT2D eigenvalue weighted by atomic mass is 9.92. The van der Waals surface area contributed by atoms with Crippen LogP contribution in [0.15, 0.2) is 42.5 Å². The molecule has 1 aliphatic rings. The number of hydrogen-bond acceptors (Lipinski definition) is 2. The Balaban J connectivity index is 2.07. The maximum atomic E-state index is 6.29. The van der Waals surface area contributed by atoms with E-state index < -0.39 is 0 Å².